The molecule has 0 saturated carbocycles. The summed E-state index contributed by atoms with van der Waals surface area (Å²) in [6.45, 7) is 2.32. The fourth-order valence-electron chi connectivity index (χ4n) is 2.75. The van der Waals surface area contributed by atoms with Crippen molar-refractivity contribution >= 4 is 11.0 Å². The Bertz CT molecular complexity index is 737. The fourth-order valence-corrected chi connectivity index (χ4v) is 2.75. The van der Waals surface area contributed by atoms with E-state index in [4.69, 9.17) is 15.5 Å². The number of ether oxygens (including phenoxy) is 1. The van der Waals surface area contributed by atoms with Crippen molar-refractivity contribution in [2.75, 3.05) is 13.2 Å². The molecule has 0 fully saturated rings. The smallest absolute Gasteiger partial charge is 0.119 e. The highest BCUT2D eigenvalue weighted by molar-refractivity contribution is 5.75. The molecule has 1 aromatic heterocycles. The molecule has 0 atom stereocenters. The topological polar surface area (TPSA) is 53.1 Å². The van der Waals surface area contributed by atoms with Gasteiger partial charge in [0.2, 0.25) is 0 Å². The van der Waals surface area contributed by atoms with Crippen LogP contribution in [-0.2, 0) is 13.0 Å². The summed E-state index contributed by atoms with van der Waals surface area (Å²) in [5.74, 6) is 2.04. The molecule has 120 valence electrons. The van der Waals surface area contributed by atoms with Crippen molar-refractivity contribution in [2.45, 2.75) is 25.8 Å². The zero-order valence-electron chi connectivity index (χ0n) is 13.3. The lowest BCUT2D eigenvalue weighted by Gasteiger charge is -2.09. The van der Waals surface area contributed by atoms with Gasteiger partial charge in [0.1, 0.15) is 11.6 Å². The van der Waals surface area contributed by atoms with Gasteiger partial charge in [0.15, 0.2) is 0 Å². The number of rotatable bonds is 8. The van der Waals surface area contributed by atoms with E-state index in [-0.39, 0.29) is 0 Å². The van der Waals surface area contributed by atoms with Gasteiger partial charge in [-0.1, -0.05) is 30.3 Å². The molecular weight excluding hydrogens is 286 g/mol. The molecule has 0 spiro atoms. The molecule has 0 unspecified atom stereocenters. The molecule has 0 amide bonds. The second-order valence-corrected chi connectivity index (χ2v) is 5.58. The number of fused-ring (bicyclic) bond motifs is 1. The summed E-state index contributed by atoms with van der Waals surface area (Å²) in [5.41, 5.74) is 7.92. The van der Waals surface area contributed by atoms with Crippen LogP contribution in [0.25, 0.3) is 11.0 Å². The van der Waals surface area contributed by atoms with Crippen LogP contribution in [0, 0.1) is 0 Å². The summed E-state index contributed by atoms with van der Waals surface area (Å²) in [6.07, 6.45) is 2.82. The number of aromatic nitrogens is 2. The molecule has 4 nitrogen and oxygen atoms in total. The molecule has 0 aliphatic heterocycles. The second-order valence-electron chi connectivity index (χ2n) is 5.58. The van der Waals surface area contributed by atoms with Crippen LogP contribution in [0.5, 0.6) is 5.75 Å². The average molecular weight is 309 g/mol. The highest BCUT2D eigenvalue weighted by atomic mass is 16.5. The third-order valence-corrected chi connectivity index (χ3v) is 3.88. The van der Waals surface area contributed by atoms with E-state index in [0.29, 0.717) is 13.2 Å². The van der Waals surface area contributed by atoms with Gasteiger partial charge in [-0.3, -0.25) is 0 Å². The quantitative estimate of drug-likeness (QED) is 0.649. The van der Waals surface area contributed by atoms with Crippen molar-refractivity contribution in [3.63, 3.8) is 0 Å². The standard InChI is InChI=1S/C19H23N3O/c20-13-7-14-22-18-11-5-4-10-17(18)21-19(22)12-6-15-23-16-8-2-1-3-9-16/h1-5,8-11H,6-7,12-15,20H2. The van der Waals surface area contributed by atoms with Gasteiger partial charge in [-0.05, 0) is 43.7 Å². The van der Waals surface area contributed by atoms with E-state index in [0.717, 1.165) is 42.9 Å². The minimum absolute atomic E-state index is 0.697. The Balaban J connectivity index is 1.64. The number of nitrogens with zero attached hydrogens (tertiary/aromatic N) is 2. The predicted octanol–water partition coefficient (Wildman–Crippen LogP) is 3.40. The number of para-hydroxylation sites is 3. The lowest BCUT2D eigenvalue weighted by Crippen LogP contribution is -2.10. The van der Waals surface area contributed by atoms with E-state index in [1.54, 1.807) is 0 Å². The van der Waals surface area contributed by atoms with Crippen LogP contribution >= 0.6 is 0 Å². The first-order valence-corrected chi connectivity index (χ1v) is 8.20. The first-order valence-electron chi connectivity index (χ1n) is 8.20. The molecule has 2 N–H and O–H groups in total. The van der Waals surface area contributed by atoms with Crippen LogP contribution in [-0.4, -0.2) is 22.7 Å². The molecule has 3 aromatic rings. The van der Waals surface area contributed by atoms with Gasteiger partial charge in [0.25, 0.3) is 0 Å². The predicted molar refractivity (Wildman–Crippen MR) is 93.7 cm³/mol. The number of benzene rings is 2. The van der Waals surface area contributed by atoms with Gasteiger partial charge in [0, 0.05) is 13.0 Å². The zero-order valence-corrected chi connectivity index (χ0v) is 13.3. The number of hydrogen-bond donors (Lipinski definition) is 1. The Labute approximate surface area is 136 Å². The maximum Gasteiger partial charge on any atom is 0.119 e. The highest BCUT2D eigenvalue weighted by Crippen LogP contribution is 2.18. The van der Waals surface area contributed by atoms with E-state index >= 15 is 0 Å². The second kappa shape index (κ2) is 7.79. The third kappa shape index (κ3) is 3.90. The highest BCUT2D eigenvalue weighted by Gasteiger charge is 2.09. The Morgan fingerprint density at radius 2 is 1.74 bits per heavy atom. The van der Waals surface area contributed by atoms with Crippen molar-refractivity contribution in [3.05, 3.63) is 60.4 Å². The number of hydrogen-bond acceptors (Lipinski definition) is 3. The van der Waals surface area contributed by atoms with Crippen molar-refractivity contribution < 1.29 is 4.74 Å². The summed E-state index contributed by atoms with van der Waals surface area (Å²) >= 11 is 0. The monoisotopic (exact) mass is 309 g/mol. The van der Waals surface area contributed by atoms with Crippen LogP contribution < -0.4 is 10.5 Å². The maximum absolute atomic E-state index is 5.77. The largest absolute Gasteiger partial charge is 0.494 e. The number of imidazole rings is 1. The Morgan fingerprint density at radius 3 is 2.57 bits per heavy atom. The molecule has 4 heteroatoms. The maximum atomic E-state index is 5.77. The molecule has 0 aliphatic carbocycles. The van der Waals surface area contributed by atoms with E-state index in [1.807, 2.05) is 36.4 Å². The molecule has 1 heterocycles. The van der Waals surface area contributed by atoms with Crippen molar-refractivity contribution in [3.8, 4) is 5.75 Å². The summed E-state index contributed by atoms with van der Waals surface area (Å²) in [7, 11) is 0. The molecule has 0 bridgehead atoms. The van der Waals surface area contributed by atoms with Crippen molar-refractivity contribution in [1.29, 1.82) is 0 Å². The van der Waals surface area contributed by atoms with Crippen LogP contribution in [0.1, 0.15) is 18.7 Å². The minimum Gasteiger partial charge on any atom is -0.494 e. The van der Waals surface area contributed by atoms with Gasteiger partial charge in [-0.2, -0.15) is 0 Å². The zero-order chi connectivity index (χ0) is 15.9. The number of aryl methyl sites for hydroxylation is 2. The lowest BCUT2D eigenvalue weighted by molar-refractivity contribution is 0.309. The van der Waals surface area contributed by atoms with Crippen LogP contribution in [0.4, 0.5) is 0 Å². The van der Waals surface area contributed by atoms with Crippen LogP contribution in [0.2, 0.25) is 0 Å². The summed E-state index contributed by atoms with van der Waals surface area (Å²) in [5, 5.41) is 0. The Morgan fingerprint density at radius 1 is 0.957 bits per heavy atom. The van der Waals surface area contributed by atoms with Gasteiger partial charge < -0.3 is 15.0 Å². The third-order valence-electron chi connectivity index (χ3n) is 3.88. The minimum atomic E-state index is 0.697. The first-order chi connectivity index (χ1) is 11.4. The van der Waals surface area contributed by atoms with Crippen molar-refractivity contribution in [2.24, 2.45) is 5.73 Å². The summed E-state index contributed by atoms with van der Waals surface area (Å²) < 4.78 is 8.06. The first kappa shape index (κ1) is 15.6. The molecular formula is C19H23N3O. The molecule has 23 heavy (non-hydrogen) atoms. The summed E-state index contributed by atoms with van der Waals surface area (Å²) in [4.78, 5) is 4.78. The molecule has 0 aliphatic rings. The lowest BCUT2D eigenvalue weighted by atomic mass is 10.3. The van der Waals surface area contributed by atoms with E-state index in [1.165, 1.54) is 5.52 Å². The summed E-state index contributed by atoms with van der Waals surface area (Å²) in [6, 6.07) is 18.2. The molecule has 2 aromatic carbocycles. The molecule has 3 rings (SSSR count). The van der Waals surface area contributed by atoms with Gasteiger partial charge in [-0.25, -0.2) is 4.98 Å². The Kier molecular flexibility index (Phi) is 5.27. The van der Waals surface area contributed by atoms with Crippen molar-refractivity contribution in [1.82, 2.24) is 9.55 Å². The Hall–Kier alpha value is -2.33. The van der Waals surface area contributed by atoms with Gasteiger partial charge in [0.05, 0.1) is 17.6 Å². The fraction of sp³-hybridized carbons (Fsp3) is 0.316. The van der Waals surface area contributed by atoms with Gasteiger partial charge >= 0.3 is 0 Å². The van der Waals surface area contributed by atoms with Crippen LogP contribution in [0.3, 0.4) is 0 Å². The van der Waals surface area contributed by atoms with E-state index in [9.17, 15) is 0 Å². The van der Waals surface area contributed by atoms with E-state index in [2.05, 4.69) is 22.8 Å². The number of nitrogens with two attached hydrogens (primary N) is 1. The average Bonchev–Trinajstić information content (AvgIpc) is 2.95. The van der Waals surface area contributed by atoms with E-state index < -0.39 is 0 Å². The molecule has 0 radical (unpaired) electrons. The molecule has 0 saturated heterocycles. The normalized spacial score (nSPS) is 11.0. The van der Waals surface area contributed by atoms with Gasteiger partial charge in [-0.15, -0.1) is 0 Å². The SMILES string of the molecule is NCCCn1c(CCCOc2ccccc2)nc2ccccc21. The van der Waals surface area contributed by atoms with Crippen LogP contribution in [0.15, 0.2) is 54.6 Å².